The van der Waals surface area contributed by atoms with Crippen molar-refractivity contribution in [1.82, 2.24) is 0 Å². The van der Waals surface area contributed by atoms with Gasteiger partial charge in [-0.3, -0.25) is 9.59 Å². The molecule has 4 heteroatoms. The number of ether oxygens (including phenoxy) is 2. The van der Waals surface area contributed by atoms with Crippen LogP contribution in [0.25, 0.3) is 0 Å². The highest BCUT2D eigenvalue weighted by atomic mass is 16.5. The summed E-state index contributed by atoms with van der Waals surface area (Å²) >= 11 is 0. The van der Waals surface area contributed by atoms with Crippen LogP contribution in [0.1, 0.15) is 120 Å². The third-order valence-corrected chi connectivity index (χ3v) is 14.4. The zero-order valence-corrected chi connectivity index (χ0v) is 25.2. The molecule has 5 fully saturated rings. The number of hydrogen-bond acceptors (Lipinski definition) is 4. The summed E-state index contributed by atoms with van der Waals surface area (Å²) < 4.78 is 11.5. The molecule has 11 atom stereocenters. The highest BCUT2D eigenvalue weighted by Gasteiger charge is 2.71. The molecule has 5 saturated carbocycles. The van der Waals surface area contributed by atoms with E-state index >= 15 is 0 Å². The van der Waals surface area contributed by atoms with Gasteiger partial charge in [0, 0.05) is 12.3 Å². The van der Waals surface area contributed by atoms with Gasteiger partial charge in [0.05, 0.1) is 12.5 Å². The Morgan fingerprint density at radius 2 is 1.46 bits per heavy atom. The average molecular weight is 515 g/mol. The molecule has 0 saturated heterocycles. The van der Waals surface area contributed by atoms with Crippen molar-refractivity contribution in [1.29, 1.82) is 0 Å². The molecule has 0 N–H and O–H groups in total. The standard InChI is InChI=1S/C33H54O4/c1-20-12-17-33(28(35)36-9)19-18-31(7)23(27(33)21(20)2)10-11-25-30(6)15-14-26(37-22(3)34)29(4,5)24(30)13-16-32(25,31)8/h20-21,23-27H,10-19H2,1-9H3/t20-,21+,23+,24+,25-,26+,27-,30+,31-,32-,33+/m1/s1. The molecular weight excluding hydrogens is 460 g/mol. The second-order valence-electron chi connectivity index (χ2n) is 15.7. The Kier molecular flexibility index (Phi) is 6.48. The van der Waals surface area contributed by atoms with Crippen molar-refractivity contribution >= 4 is 11.9 Å². The number of methoxy groups -OCH3 is 1. The normalized spacial score (nSPS) is 52.5. The molecule has 0 amide bonds. The predicted octanol–water partition coefficient (Wildman–Crippen LogP) is 7.83. The summed E-state index contributed by atoms with van der Waals surface area (Å²) in [5.74, 6) is 3.44. The average Bonchev–Trinajstić information content (AvgIpc) is 2.83. The number of esters is 2. The van der Waals surface area contributed by atoms with Crippen molar-refractivity contribution in [3.05, 3.63) is 0 Å². The minimum atomic E-state index is -0.279. The maximum Gasteiger partial charge on any atom is 0.312 e. The highest BCUT2D eigenvalue weighted by molar-refractivity contribution is 5.77. The van der Waals surface area contributed by atoms with E-state index < -0.39 is 0 Å². The van der Waals surface area contributed by atoms with Crippen LogP contribution >= 0.6 is 0 Å². The molecule has 5 aliphatic carbocycles. The van der Waals surface area contributed by atoms with E-state index in [-0.39, 0.29) is 45.1 Å². The van der Waals surface area contributed by atoms with Crippen LogP contribution in [0.3, 0.4) is 0 Å². The van der Waals surface area contributed by atoms with Crippen LogP contribution in [0.15, 0.2) is 0 Å². The molecule has 0 aromatic heterocycles. The van der Waals surface area contributed by atoms with Gasteiger partial charge in [-0.05, 0) is 116 Å². The van der Waals surface area contributed by atoms with Gasteiger partial charge in [-0.15, -0.1) is 0 Å². The van der Waals surface area contributed by atoms with Crippen LogP contribution in [0.4, 0.5) is 0 Å². The van der Waals surface area contributed by atoms with Gasteiger partial charge in [0.25, 0.3) is 0 Å². The molecule has 0 aromatic carbocycles. The molecule has 0 aliphatic heterocycles. The number of rotatable bonds is 2. The number of fused-ring (bicyclic) bond motifs is 7. The second-order valence-corrected chi connectivity index (χ2v) is 15.7. The van der Waals surface area contributed by atoms with Gasteiger partial charge in [0.1, 0.15) is 6.10 Å². The molecule has 210 valence electrons. The molecule has 5 rings (SSSR count). The van der Waals surface area contributed by atoms with Crippen LogP contribution in [-0.2, 0) is 19.1 Å². The molecule has 0 heterocycles. The van der Waals surface area contributed by atoms with E-state index in [0.29, 0.717) is 35.5 Å². The van der Waals surface area contributed by atoms with Crippen LogP contribution in [-0.4, -0.2) is 25.2 Å². The monoisotopic (exact) mass is 514 g/mol. The van der Waals surface area contributed by atoms with Crippen molar-refractivity contribution in [3.63, 3.8) is 0 Å². The SMILES string of the molecule is COC(=O)[C@]12CC[C@@H](C)[C@H](C)[C@@H]1[C@@H]1CC[C@@H]3[C@@]4(C)CC[C@H](OC(C)=O)C(C)(C)[C@@H]4CC[C@@]3(C)[C@]1(C)CC2. The molecule has 37 heavy (non-hydrogen) atoms. The summed E-state index contributed by atoms with van der Waals surface area (Å²) in [7, 11) is 1.61. The maximum atomic E-state index is 13.5. The van der Waals surface area contributed by atoms with E-state index in [4.69, 9.17) is 9.47 Å². The van der Waals surface area contributed by atoms with Gasteiger partial charge in [0.15, 0.2) is 0 Å². The van der Waals surface area contributed by atoms with Crippen molar-refractivity contribution in [2.75, 3.05) is 7.11 Å². The van der Waals surface area contributed by atoms with Crippen molar-refractivity contribution < 1.29 is 19.1 Å². The van der Waals surface area contributed by atoms with E-state index in [0.717, 1.165) is 38.5 Å². The Bertz CT molecular complexity index is 941. The third-order valence-electron chi connectivity index (χ3n) is 14.4. The van der Waals surface area contributed by atoms with Crippen molar-refractivity contribution in [2.45, 2.75) is 126 Å². The summed E-state index contributed by atoms with van der Waals surface area (Å²) in [5.41, 5.74) is 0.503. The number of carbonyl (C=O) groups is 2. The summed E-state index contributed by atoms with van der Waals surface area (Å²) in [6.45, 7) is 19.1. The molecule has 0 radical (unpaired) electrons. The van der Waals surface area contributed by atoms with Gasteiger partial charge < -0.3 is 9.47 Å². The van der Waals surface area contributed by atoms with Crippen LogP contribution < -0.4 is 0 Å². The van der Waals surface area contributed by atoms with E-state index in [1.807, 2.05) is 0 Å². The first-order valence-electron chi connectivity index (χ1n) is 15.4. The molecular formula is C33H54O4. The third kappa shape index (κ3) is 3.51. The van der Waals surface area contributed by atoms with Crippen molar-refractivity contribution in [3.8, 4) is 0 Å². The molecule has 0 spiro atoms. The smallest absolute Gasteiger partial charge is 0.312 e. The predicted molar refractivity (Wildman–Crippen MR) is 147 cm³/mol. The first-order valence-corrected chi connectivity index (χ1v) is 15.4. The lowest BCUT2D eigenvalue weighted by Crippen LogP contribution is -2.68. The second kappa shape index (κ2) is 8.72. The lowest BCUT2D eigenvalue weighted by Gasteiger charge is -2.73. The largest absolute Gasteiger partial charge is 0.469 e. The van der Waals surface area contributed by atoms with E-state index in [2.05, 4.69) is 48.5 Å². The fraction of sp³-hybridized carbons (Fsp3) is 0.939. The minimum absolute atomic E-state index is 0.00231. The van der Waals surface area contributed by atoms with E-state index in [9.17, 15) is 9.59 Å². The highest BCUT2D eigenvalue weighted by Crippen LogP contribution is 2.77. The number of carbonyl (C=O) groups excluding carboxylic acids is 2. The molecule has 0 aromatic rings. The van der Waals surface area contributed by atoms with Gasteiger partial charge in [0.2, 0.25) is 0 Å². The quantitative estimate of drug-likeness (QED) is 0.352. The summed E-state index contributed by atoms with van der Waals surface area (Å²) in [5, 5.41) is 0. The zero-order chi connectivity index (χ0) is 27.2. The summed E-state index contributed by atoms with van der Waals surface area (Å²) in [6, 6.07) is 0. The van der Waals surface area contributed by atoms with Crippen molar-refractivity contribution in [2.24, 2.45) is 62.6 Å². The Balaban J connectivity index is 1.52. The Hall–Kier alpha value is -1.06. The van der Waals surface area contributed by atoms with Gasteiger partial charge >= 0.3 is 11.9 Å². The zero-order valence-electron chi connectivity index (χ0n) is 25.2. The minimum Gasteiger partial charge on any atom is -0.469 e. The first-order chi connectivity index (χ1) is 17.2. The lowest BCUT2D eigenvalue weighted by atomic mass is 9.31. The number of hydrogen-bond donors (Lipinski definition) is 0. The first kappa shape index (κ1) is 27.5. The fourth-order valence-corrected chi connectivity index (χ4v) is 12.2. The van der Waals surface area contributed by atoms with Gasteiger partial charge in [-0.25, -0.2) is 0 Å². The van der Waals surface area contributed by atoms with Gasteiger partial charge in [-0.1, -0.05) is 48.5 Å². The van der Waals surface area contributed by atoms with Crippen LogP contribution in [0, 0.1) is 62.6 Å². The van der Waals surface area contributed by atoms with Gasteiger partial charge in [-0.2, -0.15) is 0 Å². The topological polar surface area (TPSA) is 52.6 Å². The molecule has 4 nitrogen and oxygen atoms in total. The Morgan fingerprint density at radius 3 is 2.11 bits per heavy atom. The maximum absolute atomic E-state index is 13.5. The fourth-order valence-electron chi connectivity index (χ4n) is 12.2. The van der Waals surface area contributed by atoms with Crippen LogP contribution in [0.5, 0.6) is 0 Å². The summed E-state index contributed by atoms with van der Waals surface area (Å²) in [4.78, 5) is 25.4. The summed E-state index contributed by atoms with van der Waals surface area (Å²) in [6.07, 6.45) is 11.5. The van der Waals surface area contributed by atoms with E-state index in [1.54, 1.807) is 14.0 Å². The molecule has 0 bridgehead atoms. The lowest BCUT2D eigenvalue weighted by molar-refractivity contribution is -0.260. The Labute approximate surface area is 226 Å². The molecule has 5 aliphatic rings. The Morgan fingerprint density at radius 1 is 0.757 bits per heavy atom. The van der Waals surface area contributed by atoms with E-state index in [1.165, 1.54) is 25.7 Å². The molecule has 0 unspecified atom stereocenters. The van der Waals surface area contributed by atoms with Crippen LogP contribution in [0.2, 0.25) is 0 Å².